The number of alkyl carbamates (subject to hydrolysis) is 1. The standard InChI is InChI=1S/C33H39N3O7/c1-25(35-33(40)42-24-27-15-7-3-8-16-27)20-21-30(37)36-29(31(38)41-23-26-13-5-2-6-14-26)19-11-12-22-34-32(39)43-28-17-9-4-10-18-28/h2-10,13-18,25,29H,11-12,19-24H2,1H3,(H,34,39)(H,35,40)(H,36,37)/t25?,29-/m0/s1. The van der Waals surface area contributed by atoms with E-state index >= 15 is 0 Å². The number of rotatable bonds is 16. The van der Waals surface area contributed by atoms with E-state index in [1.807, 2.05) is 66.7 Å². The van der Waals surface area contributed by atoms with Gasteiger partial charge in [0.15, 0.2) is 0 Å². The number of amides is 3. The summed E-state index contributed by atoms with van der Waals surface area (Å²) < 4.78 is 15.9. The van der Waals surface area contributed by atoms with E-state index in [9.17, 15) is 19.2 Å². The van der Waals surface area contributed by atoms with Crippen molar-refractivity contribution in [2.24, 2.45) is 0 Å². The highest BCUT2D eigenvalue weighted by Gasteiger charge is 2.22. The van der Waals surface area contributed by atoms with E-state index in [1.54, 1.807) is 31.2 Å². The molecule has 0 heterocycles. The second-order valence-corrected chi connectivity index (χ2v) is 9.98. The van der Waals surface area contributed by atoms with E-state index in [0.29, 0.717) is 38.0 Å². The first-order valence-corrected chi connectivity index (χ1v) is 14.4. The molecule has 0 bridgehead atoms. The first-order valence-electron chi connectivity index (χ1n) is 14.4. The molecule has 228 valence electrons. The van der Waals surface area contributed by atoms with Crippen molar-refractivity contribution in [3.63, 3.8) is 0 Å². The third-order valence-electron chi connectivity index (χ3n) is 6.37. The molecule has 0 fully saturated rings. The monoisotopic (exact) mass is 589 g/mol. The summed E-state index contributed by atoms with van der Waals surface area (Å²) in [5.41, 5.74) is 1.71. The molecule has 3 rings (SSSR count). The molecule has 10 nitrogen and oxygen atoms in total. The van der Waals surface area contributed by atoms with Crippen molar-refractivity contribution in [1.82, 2.24) is 16.0 Å². The molecule has 3 amide bonds. The summed E-state index contributed by atoms with van der Waals surface area (Å²) in [6.07, 6.45) is 0.747. The molecule has 0 aliphatic rings. The number of unbranched alkanes of at least 4 members (excludes halogenated alkanes) is 1. The molecule has 10 heteroatoms. The van der Waals surface area contributed by atoms with Crippen LogP contribution in [0.2, 0.25) is 0 Å². The van der Waals surface area contributed by atoms with Crippen LogP contribution in [-0.2, 0) is 32.3 Å². The molecule has 0 aliphatic carbocycles. The minimum atomic E-state index is -0.855. The third kappa shape index (κ3) is 13.6. The molecule has 1 unspecified atom stereocenters. The summed E-state index contributed by atoms with van der Waals surface area (Å²) in [5, 5.41) is 8.17. The Morgan fingerprint density at radius 3 is 1.88 bits per heavy atom. The van der Waals surface area contributed by atoms with Crippen LogP contribution in [0, 0.1) is 0 Å². The number of nitrogens with one attached hydrogen (secondary N) is 3. The van der Waals surface area contributed by atoms with E-state index in [0.717, 1.165) is 11.1 Å². The van der Waals surface area contributed by atoms with Crippen LogP contribution < -0.4 is 20.7 Å². The van der Waals surface area contributed by atoms with E-state index in [1.165, 1.54) is 0 Å². The molecule has 0 spiro atoms. The first kappa shape index (κ1) is 32.7. The Morgan fingerprint density at radius 1 is 0.674 bits per heavy atom. The predicted molar refractivity (Wildman–Crippen MR) is 161 cm³/mol. The summed E-state index contributed by atoms with van der Waals surface area (Å²) in [6.45, 7) is 2.36. The minimum absolute atomic E-state index is 0.0883. The molecule has 0 saturated heterocycles. The summed E-state index contributed by atoms with van der Waals surface area (Å²) in [4.78, 5) is 49.7. The highest BCUT2D eigenvalue weighted by molar-refractivity contribution is 5.84. The van der Waals surface area contributed by atoms with Gasteiger partial charge in [0, 0.05) is 19.0 Å². The molecule has 3 N–H and O–H groups in total. The molecule has 3 aromatic carbocycles. The Kier molecular flexibility index (Phi) is 14.1. The van der Waals surface area contributed by atoms with Crippen molar-refractivity contribution in [1.29, 1.82) is 0 Å². The molecule has 2 atom stereocenters. The number of ether oxygens (including phenoxy) is 3. The lowest BCUT2D eigenvalue weighted by molar-refractivity contribution is -0.149. The lowest BCUT2D eigenvalue weighted by atomic mass is 10.1. The number of carbonyl (C=O) groups is 4. The van der Waals surface area contributed by atoms with Crippen molar-refractivity contribution >= 4 is 24.1 Å². The van der Waals surface area contributed by atoms with Gasteiger partial charge in [-0.05, 0) is 55.9 Å². The number of carbonyl (C=O) groups excluding carboxylic acids is 4. The average Bonchev–Trinajstić information content (AvgIpc) is 3.02. The Labute approximate surface area is 252 Å². The number of esters is 1. The molecular formula is C33H39N3O7. The smallest absolute Gasteiger partial charge is 0.412 e. The van der Waals surface area contributed by atoms with Crippen LogP contribution in [0.5, 0.6) is 5.75 Å². The fraction of sp³-hybridized carbons (Fsp3) is 0.333. The second kappa shape index (κ2) is 18.5. The number of hydrogen-bond donors (Lipinski definition) is 3. The highest BCUT2D eigenvalue weighted by atomic mass is 16.6. The first-order chi connectivity index (χ1) is 20.9. The van der Waals surface area contributed by atoms with Crippen molar-refractivity contribution < 1.29 is 33.4 Å². The second-order valence-electron chi connectivity index (χ2n) is 9.98. The topological polar surface area (TPSA) is 132 Å². The van der Waals surface area contributed by atoms with E-state index < -0.39 is 24.2 Å². The number of hydrogen-bond acceptors (Lipinski definition) is 7. The maximum absolute atomic E-state index is 12.9. The molecule has 0 saturated carbocycles. The van der Waals surface area contributed by atoms with Gasteiger partial charge in [0.1, 0.15) is 25.0 Å². The Hall–Kier alpha value is -4.86. The Morgan fingerprint density at radius 2 is 1.26 bits per heavy atom. The van der Waals surface area contributed by atoms with E-state index in [-0.39, 0.29) is 31.6 Å². The fourth-order valence-corrected chi connectivity index (χ4v) is 4.03. The summed E-state index contributed by atoms with van der Waals surface area (Å²) in [6, 6.07) is 26.2. The van der Waals surface area contributed by atoms with Gasteiger partial charge in [-0.15, -0.1) is 0 Å². The van der Waals surface area contributed by atoms with Gasteiger partial charge in [-0.1, -0.05) is 78.9 Å². The van der Waals surface area contributed by atoms with Crippen molar-refractivity contribution in [3.05, 3.63) is 102 Å². The predicted octanol–water partition coefficient (Wildman–Crippen LogP) is 5.27. The molecule has 3 aromatic rings. The largest absolute Gasteiger partial charge is 0.459 e. The van der Waals surface area contributed by atoms with Crippen LogP contribution in [0.25, 0.3) is 0 Å². The van der Waals surface area contributed by atoms with Crippen LogP contribution >= 0.6 is 0 Å². The van der Waals surface area contributed by atoms with Crippen LogP contribution in [0.1, 0.15) is 50.2 Å². The summed E-state index contributed by atoms with van der Waals surface area (Å²) in [5.74, 6) is -0.431. The molecule has 0 radical (unpaired) electrons. The zero-order valence-electron chi connectivity index (χ0n) is 24.3. The van der Waals surface area contributed by atoms with Crippen molar-refractivity contribution in [3.8, 4) is 5.75 Å². The van der Waals surface area contributed by atoms with Crippen LogP contribution in [0.15, 0.2) is 91.0 Å². The van der Waals surface area contributed by atoms with Crippen molar-refractivity contribution in [2.45, 2.75) is 64.3 Å². The number of para-hydroxylation sites is 1. The highest BCUT2D eigenvalue weighted by Crippen LogP contribution is 2.10. The fourth-order valence-electron chi connectivity index (χ4n) is 4.03. The molecule has 0 aliphatic heterocycles. The van der Waals surface area contributed by atoms with Gasteiger partial charge >= 0.3 is 18.2 Å². The maximum Gasteiger partial charge on any atom is 0.412 e. The van der Waals surface area contributed by atoms with Crippen molar-refractivity contribution in [2.75, 3.05) is 6.54 Å². The van der Waals surface area contributed by atoms with Gasteiger partial charge in [0.25, 0.3) is 0 Å². The Balaban J connectivity index is 1.41. The van der Waals surface area contributed by atoms with Crippen LogP contribution in [0.4, 0.5) is 9.59 Å². The summed E-state index contributed by atoms with van der Waals surface area (Å²) >= 11 is 0. The average molecular weight is 590 g/mol. The molecular weight excluding hydrogens is 550 g/mol. The minimum Gasteiger partial charge on any atom is -0.459 e. The zero-order chi connectivity index (χ0) is 30.7. The molecule has 0 aromatic heterocycles. The third-order valence-corrected chi connectivity index (χ3v) is 6.37. The van der Waals surface area contributed by atoms with Gasteiger partial charge in [0.05, 0.1) is 0 Å². The Bertz CT molecular complexity index is 1270. The van der Waals surface area contributed by atoms with Crippen LogP contribution in [0.3, 0.4) is 0 Å². The lowest BCUT2D eigenvalue weighted by Gasteiger charge is -2.19. The van der Waals surface area contributed by atoms with Gasteiger partial charge < -0.3 is 30.2 Å². The quantitative estimate of drug-likeness (QED) is 0.153. The zero-order valence-corrected chi connectivity index (χ0v) is 24.3. The molecule has 43 heavy (non-hydrogen) atoms. The number of benzene rings is 3. The normalized spacial score (nSPS) is 11.8. The summed E-state index contributed by atoms with van der Waals surface area (Å²) in [7, 11) is 0. The van der Waals surface area contributed by atoms with E-state index in [2.05, 4.69) is 16.0 Å². The van der Waals surface area contributed by atoms with E-state index in [4.69, 9.17) is 14.2 Å². The van der Waals surface area contributed by atoms with Gasteiger partial charge in [-0.25, -0.2) is 14.4 Å². The SMILES string of the molecule is CC(CCC(=O)N[C@@H](CCCCNC(=O)Oc1ccccc1)C(=O)OCc1ccccc1)NC(=O)OCc1ccccc1. The maximum atomic E-state index is 12.9. The van der Waals surface area contributed by atoms with Gasteiger partial charge in [-0.2, -0.15) is 0 Å². The van der Waals surface area contributed by atoms with Gasteiger partial charge in [0.2, 0.25) is 5.91 Å². The lowest BCUT2D eigenvalue weighted by Crippen LogP contribution is -2.42. The van der Waals surface area contributed by atoms with Crippen LogP contribution in [-0.4, -0.2) is 42.7 Å². The van der Waals surface area contributed by atoms with Gasteiger partial charge in [-0.3, -0.25) is 4.79 Å².